The number of nitrogens with one attached hydrogen (secondary N) is 3. The van der Waals surface area contributed by atoms with Gasteiger partial charge in [-0.1, -0.05) is 36.4 Å². The lowest BCUT2D eigenvalue weighted by molar-refractivity contribution is -0.122. The van der Waals surface area contributed by atoms with Gasteiger partial charge >= 0.3 is 6.03 Å². The molecule has 0 fully saturated rings. The molecule has 1 atom stereocenters. The number of thiophene rings is 1. The molecule has 1 aromatic heterocycles. The molecule has 34 heavy (non-hydrogen) atoms. The van der Waals surface area contributed by atoms with Crippen LogP contribution in [0.2, 0.25) is 0 Å². The Morgan fingerprint density at radius 3 is 2.41 bits per heavy atom. The first-order valence-corrected chi connectivity index (χ1v) is 11.5. The Morgan fingerprint density at radius 1 is 0.941 bits per heavy atom. The van der Waals surface area contributed by atoms with E-state index in [2.05, 4.69) is 16.0 Å². The highest BCUT2D eigenvalue weighted by atomic mass is 32.1. The monoisotopic (exact) mass is 470 g/mol. The normalized spacial score (nSPS) is 11.3. The number of hydrogen-bond donors (Lipinski definition) is 3. The summed E-state index contributed by atoms with van der Waals surface area (Å²) in [6.45, 7) is -0.133. The number of para-hydroxylation sites is 1. The molecule has 0 bridgehead atoms. The maximum Gasteiger partial charge on any atom is 0.319 e. The van der Waals surface area contributed by atoms with Gasteiger partial charge in [-0.15, -0.1) is 11.3 Å². The highest BCUT2D eigenvalue weighted by Gasteiger charge is 2.22. The van der Waals surface area contributed by atoms with Crippen molar-refractivity contribution in [2.24, 2.45) is 0 Å². The van der Waals surface area contributed by atoms with Crippen LogP contribution in [0.3, 0.4) is 0 Å². The topological polar surface area (TPSA) is 103 Å². The van der Waals surface area contributed by atoms with Crippen LogP contribution >= 0.6 is 11.3 Å². The average molecular weight is 471 g/mol. The molecular weight excluding hydrogens is 448 g/mol. The maximum absolute atomic E-state index is 12.7. The Balaban J connectivity index is 1.41. The first-order chi connectivity index (χ1) is 16.6. The van der Waals surface area contributed by atoms with Crippen LogP contribution in [-0.2, 0) is 11.2 Å². The van der Waals surface area contributed by atoms with Crippen molar-refractivity contribution in [3.8, 4) is 17.6 Å². The summed E-state index contributed by atoms with van der Waals surface area (Å²) in [5.74, 6) is 0.932. The van der Waals surface area contributed by atoms with Gasteiger partial charge in [-0.2, -0.15) is 5.26 Å². The van der Waals surface area contributed by atoms with Crippen LogP contribution in [0.1, 0.15) is 5.56 Å². The summed E-state index contributed by atoms with van der Waals surface area (Å²) in [4.78, 5) is 25.3. The predicted molar refractivity (Wildman–Crippen MR) is 133 cm³/mol. The van der Waals surface area contributed by atoms with E-state index in [9.17, 15) is 9.59 Å². The van der Waals surface area contributed by atoms with Crippen LogP contribution in [0, 0.1) is 11.3 Å². The summed E-state index contributed by atoms with van der Waals surface area (Å²) >= 11 is 1.58. The van der Waals surface area contributed by atoms with E-state index in [1.165, 1.54) is 0 Å². The molecule has 1 unspecified atom stereocenters. The second-order valence-electron chi connectivity index (χ2n) is 7.43. The highest BCUT2D eigenvalue weighted by Crippen LogP contribution is 2.27. The van der Waals surface area contributed by atoms with Crippen molar-refractivity contribution >= 4 is 39.0 Å². The second-order valence-corrected chi connectivity index (χ2v) is 8.34. The van der Waals surface area contributed by atoms with E-state index in [-0.39, 0.29) is 6.54 Å². The molecule has 3 amide bonds. The van der Waals surface area contributed by atoms with E-state index >= 15 is 0 Å². The lowest BCUT2D eigenvalue weighted by Gasteiger charge is -2.18. The molecule has 7 nitrogen and oxygen atoms in total. The number of carbonyl (C=O) groups excluding carboxylic acids is 2. The molecule has 3 aromatic carbocycles. The van der Waals surface area contributed by atoms with Crippen LogP contribution in [0.4, 0.5) is 10.5 Å². The minimum Gasteiger partial charge on any atom is -0.457 e. The van der Waals surface area contributed by atoms with Crippen molar-refractivity contribution < 1.29 is 14.3 Å². The number of carbonyl (C=O) groups is 2. The van der Waals surface area contributed by atoms with E-state index in [0.717, 1.165) is 15.6 Å². The van der Waals surface area contributed by atoms with Gasteiger partial charge in [-0.3, -0.25) is 4.79 Å². The Morgan fingerprint density at radius 2 is 1.65 bits per heavy atom. The van der Waals surface area contributed by atoms with E-state index in [4.69, 9.17) is 10.00 Å². The molecule has 8 heteroatoms. The first-order valence-electron chi connectivity index (χ1n) is 10.6. The van der Waals surface area contributed by atoms with Crippen LogP contribution < -0.4 is 20.7 Å². The van der Waals surface area contributed by atoms with Crippen molar-refractivity contribution in [3.05, 3.63) is 89.8 Å². The number of benzene rings is 3. The average Bonchev–Trinajstić information content (AvgIpc) is 3.27. The summed E-state index contributed by atoms with van der Waals surface area (Å²) in [7, 11) is 0. The predicted octanol–water partition coefficient (Wildman–Crippen LogP) is 5.07. The third-order valence-electron chi connectivity index (χ3n) is 5.04. The SMILES string of the molecule is N#CCNC(=O)C(Cc1csc2ccccc12)NC(=O)Nc1ccc(Oc2ccccc2)cc1. The van der Waals surface area contributed by atoms with Gasteiger partial charge in [-0.25, -0.2) is 4.79 Å². The van der Waals surface area contributed by atoms with Crippen molar-refractivity contribution in [2.75, 3.05) is 11.9 Å². The van der Waals surface area contributed by atoms with Crippen LogP contribution in [-0.4, -0.2) is 24.5 Å². The Kier molecular flexibility index (Phi) is 7.38. The lowest BCUT2D eigenvalue weighted by atomic mass is 10.0. The van der Waals surface area contributed by atoms with E-state index in [1.807, 2.05) is 66.0 Å². The second kappa shape index (κ2) is 11.0. The molecule has 0 saturated carbocycles. The number of nitrogens with zero attached hydrogens (tertiary/aromatic N) is 1. The molecule has 0 spiro atoms. The standard InChI is InChI=1S/C26H22N4O3S/c27-14-15-28-25(31)23(16-18-17-34-24-9-5-4-8-22(18)24)30-26(32)29-19-10-12-21(13-11-19)33-20-6-2-1-3-7-20/h1-13,17,23H,15-16H2,(H,28,31)(H2,29,30,32). The van der Waals surface area contributed by atoms with Gasteiger partial charge in [0.1, 0.15) is 24.1 Å². The summed E-state index contributed by atoms with van der Waals surface area (Å²) in [5, 5.41) is 19.9. The van der Waals surface area contributed by atoms with Crippen molar-refractivity contribution in [1.29, 1.82) is 5.26 Å². The van der Waals surface area contributed by atoms with E-state index in [1.54, 1.807) is 35.6 Å². The van der Waals surface area contributed by atoms with Crippen molar-refractivity contribution in [2.45, 2.75) is 12.5 Å². The molecule has 1 heterocycles. The Bertz CT molecular complexity index is 1310. The number of anilines is 1. The zero-order valence-corrected chi connectivity index (χ0v) is 19.0. The zero-order chi connectivity index (χ0) is 23.8. The summed E-state index contributed by atoms with van der Waals surface area (Å²) in [5.41, 5.74) is 1.51. The van der Waals surface area contributed by atoms with Gasteiger partial charge in [0.2, 0.25) is 5.91 Å². The molecule has 170 valence electrons. The van der Waals surface area contributed by atoms with Crippen LogP contribution in [0.15, 0.2) is 84.2 Å². The third-order valence-corrected chi connectivity index (χ3v) is 6.05. The quantitative estimate of drug-likeness (QED) is 0.313. The molecule has 0 aliphatic carbocycles. The Labute approximate surface area is 201 Å². The Hall–Kier alpha value is -4.35. The van der Waals surface area contributed by atoms with Gasteiger partial charge < -0.3 is 20.7 Å². The number of ether oxygens (including phenoxy) is 1. The molecule has 4 rings (SSSR count). The highest BCUT2D eigenvalue weighted by molar-refractivity contribution is 7.17. The van der Waals surface area contributed by atoms with Gasteiger partial charge in [0.15, 0.2) is 0 Å². The van der Waals surface area contributed by atoms with Crippen molar-refractivity contribution in [3.63, 3.8) is 0 Å². The van der Waals surface area contributed by atoms with Gasteiger partial charge in [0.05, 0.1) is 6.07 Å². The maximum atomic E-state index is 12.7. The minimum absolute atomic E-state index is 0.133. The van der Waals surface area contributed by atoms with E-state index in [0.29, 0.717) is 23.6 Å². The van der Waals surface area contributed by atoms with Gasteiger partial charge in [0.25, 0.3) is 0 Å². The summed E-state index contributed by atoms with van der Waals surface area (Å²) in [6, 6.07) is 24.8. The number of rotatable bonds is 8. The number of hydrogen-bond acceptors (Lipinski definition) is 5. The summed E-state index contributed by atoms with van der Waals surface area (Å²) in [6.07, 6.45) is 0.304. The van der Waals surface area contributed by atoms with Gasteiger partial charge in [0, 0.05) is 16.8 Å². The number of amides is 3. The smallest absolute Gasteiger partial charge is 0.319 e. The van der Waals surface area contributed by atoms with Crippen molar-refractivity contribution in [1.82, 2.24) is 10.6 Å². The fraction of sp³-hybridized carbons (Fsp3) is 0.115. The number of nitriles is 1. The fourth-order valence-corrected chi connectivity index (χ4v) is 4.40. The van der Waals surface area contributed by atoms with Crippen LogP contribution in [0.25, 0.3) is 10.1 Å². The number of urea groups is 1. The zero-order valence-electron chi connectivity index (χ0n) is 18.2. The first kappa shape index (κ1) is 22.8. The molecule has 3 N–H and O–H groups in total. The molecule has 4 aromatic rings. The van der Waals surface area contributed by atoms with Gasteiger partial charge in [-0.05, 0) is 58.8 Å². The number of fused-ring (bicyclic) bond motifs is 1. The molecule has 0 radical (unpaired) electrons. The lowest BCUT2D eigenvalue weighted by Crippen LogP contribution is -2.49. The fourth-order valence-electron chi connectivity index (χ4n) is 3.43. The molecule has 0 saturated heterocycles. The summed E-state index contributed by atoms with van der Waals surface area (Å²) < 4.78 is 6.87. The largest absolute Gasteiger partial charge is 0.457 e. The molecular formula is C26H22N4O3S. The molecule has 0 aliphatic rings. The molecule has 0 aliphatic heterocycles. The minimum atomic E-state index is -0.841. The van der Waals surface area contributed by atoms with E-state index < -0.39 is 18.0 Å². The van der Waals surface area contributed by atoms with Crippen LogP contribution in [0.5, 0.6) is 11.5 Å². The third kappa shape index (κ3) is 5.91.